The molecule has 0 bridgehead atoms. The number of aryl methyl sites for hydroxylation is 1. The third-order valence-corrected chi connectivity index (χ3v) is 4.59. The van der Waals surface area contributed by atoms with E-state index in [4.69, 9.17) is 14.5 Å². The molecule has 0 saturated carbocycles. The smallest absolute Gasteiger partial charge is 0.161 e. The minimum absolute atomic E-state index is 0.618. The van der Waals surface area contributed by atoms with Crippen LogP contribution in [0.1, 0.15) is 23.1 Å². The number of ether oxygens (including phenoxy) is 2. The zero-order valence-corrected chi connectivity index (χ0v) is 15.5. The quantitative estimate of drug-likeness (QED) is 0.571. The predicted molar refractivity (Wildman–Crippen MR) is 105 cm³/mol. The molecule has 0 spiro atoms. The number of thiazole rings is 1. The Balaban J connectivity index is 1.77. The number of benzene rings is 2. The van der Waals surface area contributed by atoms with Gasteiger partial charge in [0.05, 0.1) is 19.4 Å². The average Bonchev–Trinajstić information content (AvgIpc) is 3.10. The molecule has 25 heavy (non-hydrogen) atoms. The zero-order chi connectivity index (χ0) is 17.6. The molecule has 2 aromatic carbocycles. The lowest BCUT2D eigenvalue weighted by molar-refractivity contribution is 0.311. The van der Waals surface area contributed by atoms with Crippen LogP contribution in [-0.4, -0.2) is 18.7 Å². The average molecular weight is 351 g/mol. The molecule has 1 heterocycles. The highest BCUT2D eigenvalue weighted by Crippen LogP contribution is 2.29. The summed E-state index contributed by atoms with van der Waals surface area (Å²) in [5.74, 6) is 1.50. The molecule has 0 aliphatic heterocycles. The molecule has 1 aromatic heterocycles. The van der Waals surface area contributed by atoms with Crippen LogP contribution in [0.15, 0.2) is 47.8 Å². The van der Waals surface area contributed by atoms with E-state index in [0.29, 0.717) is 6.61 Å². The Labute approximate surface area is 152 Å². The van der Waals surface area contributed by atoms with Gasteiger partial charge in [0.15, 0.2) is 11.5 Å². The fourth-order valence-corrected chi connectivity index (χ4v) is 3.17. The van der Waals surface area contributed by atoms with Crippen molar-refractivity contribution in [3.8, 4) is 22.8 Å². The molecule has 4 heteroatoms. The molecule has 3 rings (SSSR count). The summed E-state index contributed by atoms with van der Waals surface area (Å²) in [7, 11) is 1.65. The Morgan fingerprint density at radius 3 is 2.56 bits per heavy atom. The zero-order valence-electron chi connectivity index (χ0n) is 14.7. The minimum atomic E-state index is 0.618. The second kappa shape index (κ2) is 7.99. The van der Waals surface area contributed by atoms with Gasteiger partial charge in [-0.15, -0.1) is 11.3 Å². The van der Waals surface area contributed by atoms with Crippen LogP contribution < -0.4 is 9.47 Å². The van der Waals surface area contributed by atoms with Crippen molar-refractivity contribution in [1.82, 2.24) is 4.98 Å². The van der Waals surface area contributed by atoms with Crippen molar-refractivity contribution in [3.05, 3.63) is 64.0 Å². The SMILES string of the molecule is CCOc1ccc(C=Cc2nc(-c3ccc(C)cc3)cs2)cc1OC. The van der Waals surface area contributed by atoms with E-state index in [1.54, 1.807) is 18.4 Å². The molecule has 0 radical (unpaired) electrons. The highest BCUT2D eigenvalue weighted by atomic mass is 32.1. The van der Waals surface area contributed by atoms with Crippen LogP contribution in [0.5, 0.6) is 11.5 Å². The summed E-state index contributed by atoms with van der Waals surface area (Å²) in [4.78, 5) is 4.69. The second-order valence-electron chi connectivity index (χ2n) is 5.61. The van der Waals surface area contributed by atoms with Crippen molar-refractivity contribution in [2.45, 2.75) is 13.8 Å². The van der Waals surface area contributed by atoms with E-state index in [2.05, 4.69) is 36.6 Å². The maximum atomic E-state index is 5.55. The molecule has 0 aliphatic rings. The predicted octanol–water partition coefficient (Wildman–Crippen LogP) is 5.70. The van der Waals surface area contributed by atoms with E-state index < -0.39 is 0 Å². The maximum absolute atomic E-state index is 5.55. The number of aromatic nitrogens is 1. The van der Waals surface area contributed by atoms with Gasteiger partial charge >= 0.3 is 0 Å². The molecular weight excluding hydrogens is 330 g/mol. The Hall–Kier alpha value is -2.59. The van der Waals surface area contributed by atoms with Crippen LogP contribution in [0.2, 0.25) is 0 Å². The first kappa shape index (κ1) is 17.2. The number of hydrogen-bond acceptors (Lipinski definition) is 4. The Morgan fingerprint density at radius 2 is 1.84 bits per heavy atom. The molecule has 0 N–H and O–H groups in total. The number of methoxy groups -OCH3 is 1. The number of nitrogens with zero attached hydrogens (tertiary/aromatic N) is 1. The van der Waals surface area contributed by atoms with Crippen molar-refractivity contribution < 1.29 is 9.47 Å². The molecule has 0 fully saturated rings. The summed E-state index contributed by atoms with van der Waals surface area (Å²) in [5, 5.41) is 3.06. The largest absolute Gasteiger partial charge is 0.493 e. The minimum Gasteiger partial charge on any atom is -0.493 e. The van der Waals surface area contributed by atoms with Gasteiger partial charge in [-0.3, -0.25) is 0 Å². The third kappa shape index (κ3) is 4.28. The standard InChI is InChI=1S/C21H21NO2S/c1-4-24-19-11-7-16(13-20(19)23-3)8-12-21-22-18(14-25-21)17-9-5-15(2)6-10-17/h5-14H,4H2,1-3H3. The van der Waals surface area contributed by atoms with Crippen molar-refractivity contribution in [2.75, 3.05) is 13.7 Å². The third-order valence-electron chi connectivity index (χ3n) is 3.78. The summed E-state index contributed by atoms with van der Waals surface area (Å²) in [6, 6.07) is 14.3. The highest BCUT2D eigenvalue weighted by Gasteiger charge is 2.05. The van der Waals surface area contributed by atoms with Gasteiger partial charge in [-0.05, 0) is 37.6 Å². The van der Waals surface area contributed by atoms with E-state index in [-0.39, 0.29) is 0 Å². The van der Waals surface area contributed by atoms with Crippen LogP contribution >= 0.6 is 11.3 Å². The molecule has 0 atom stereocenters. The Bertz CT molecular complexity index is 866. The molecule has 0 amide bonds. The lowest BCUT2D eigenvalue weighted by atomic mass is 10.1. The van der Waals surface area contributed by atoms with Crippen LogP contribution in [0.3, 0.4) is 0 Å². The van der Waals surface area contributed by atoms with E-state index in [1.165, 1.54) is 5.56 Å². The van der Waals surface area contributed by atoms with Crippen molar-refractivity contribution in [1.29, 1.82) is 0 Å². The molecule has 3 nitrogen and oxygen atoms in total. The van der Waals surface area contributed by atoms with Gasteiger partial charge in [-0.25, -0.2) is 4.98 Å². The van der Waals surface area contributed by atoms with Crippen molar-refractivity contribution >= 4 is 23.5 Å². The van der Waals surface area contributed by atoms with E-state index >= 15 is 0 Å². The summed E-state index contributed by atoms with van der Waals surface area (Å²) in [5.41, 5.74) is 4.45. The van der Waals surface area contributed by atoms with Gasteiger partial charge in [-0.1, -0.05) is 42.0 Å². The van der Waals surface area contributed by atoms with Gasteiger partial charge in [0.2, 0.25) is 0 Å². The van der Waals surface area contributed by atoms with Gasteiger partial charge < -0.3 is 9.47 Å². The Kier molecular flexibility index (Phi) is 5.51. The summed E-state index contributed by atoms with van der Waals surface area (Å²) in [6.07, 6.45) is 4.06. The molecular formula is C21H21NO2S. The Morgan fingerprint density at radius 1 is 1.04 bits per heavy atom. The first-order valence-corrected chi connectivity index (χ1v) is 9.09. The molecule has 0 aliphatic carbocycles. The first-order valence-electron chi connectivity index (χ1n) is 8.21. The highest BCUT2D eigenvalue weighted by molar-refractivity contribution is 7.10. The van der Waals surface area contributed by atoms with E-state index in [1.807, 2.05) is 37.3 Å². The lowest BCUT2D eigenvalue weighted by Gasteiger charge is -2.09. The fourth-order valence-electron chi connectivity index (χ4n) is 2.45. The van der Waals surface area contributed by atoms with Crippen molar-refractivity contribution in [2.24, 2.45) is 0 Å². The van der Waals surface area contributed by atoms with Crippen molar-refractivity contribution in [3.63, 3.8) is 0 Å². The summed E-state index contributed by atoms with van der Waals surface area (Å²) >= 11 is 1.64. The van der Waals surface area contributed by atoms with E-state index in [0.717, 1.165) is 33.3 Å². The normalized spacial score (nSPS) is 11.0. The van der Waals surface area contributed by atoms with Gasteiger partial charge in [0.1, 0.15) is 5.01 Å². The molecule has 3 aromatic rings. The van der Waals surface area contributed by atoms with E-state index in [9.17, 15) is 0 Å². The number of hydrogen-bond donors (Lipinski definition) is 0. The second-order valence-corrected chi connectivity index (χ2v) is 6.50. The molecule has 0 saturated heterocycles. The first-order chi connectivity index (χ1) is 12.2. The topological polar surface area (TPSA) is 31.4 Å². The van der Waals surface area contributed by atoms with Crippen LogP contribution in [-0.2, 0) is 0 Å². The van der Waals surface area contributed by atoms with Gasteiger partial charge in [-0.2, -0.15) is 0 Å². The lowest BCUT2D eigenvalue weighted by Crippen LogP contribution is -1.95. The number of rotatable bonds is 6. The van der Waals surface area contributed by atoms with Crippen LogP contribution in [0.4, 0.5) is 0 Å². The molecule has 0 unspecified atom stereocenters. The maximum Gasteiger partial charge on any atom is 0.161 e. The fraction of sp³-hybridized carbons (Fsp3) is 0.190. The summed E-state index contributed by atoms with van der Waals surface area (Å²) < 4.78 is 10.9. The van der Waals surface area contributed by atoms with Gasteiger partial charge in [0, 0.05) is 10.9 Å². The van der Waals surface area contributed by atoms with Crippen LogP contribution in [0, 0.1) is 6.92 Å². The monoisotopic (exact) mass is 351 g/mol. The van der Waals surface area contributed by atoms with Crippen LogP contribution in [0.25, 0.3) is 23.4 Å². The summed E-state index contributed by atoms with van der Waals surface area (Å²) in [6.45, 7) is 4.66. The van der Waals surface area contributed by atoms with Gasteiger partial charge in [0.25, 0.3) is 0 Å². The molecule has 128 valence electrons.